The molecule has 1 aliphatic rings. The smallest absolute Gasteiger partial charge is 0.364 e. The van der Waals surface area contributed by atoms with Gasteiger partial charge in [0, 0.05) is 31.9 Å². The molecule has 1 heterocycles. The number of nitrogens with one attached hydrogen (secondary N) is 2. The van der Waals surface area contributed by atoms with Gasteiger partial charge in [-0.05, 0) is 41.2 Å². The van der Waals surface area contributed by atoms with Gasteiger partial charge in [0.25, 0.3) is 11.7 Å². The molecule has 13 heteroatoms. The van der Waals surface area contributed by atoms with Crippen LogP contribution in [0.3, 0.4) is 0 Å². The third-order valence-electron chi connectivity index (χ3n) is 6.87. The molecule has 0 bridgehead atoms. The number of carbonyl (C=O) groups excluding carboxylic acids is 3. The maximum absolute atomic E-state index is 12.7. The van der Waals surface area contributed by atoms with Gasteiger partial charge in [-0.2, -0.15) is 11.8 Å². The molecule has 0 spiro atoms. The average Bonchev–Trinajstić information content (AvgIpc) is 3.00. The van der Waals surface area contributed by atoms with E-state index >= 15 is 0 Å². The van der Waals surface area contributed by atoms with Gasteiger partial charge in [0.2, 0.25) is 5.91 Å². The van der Waals surface area contributed by atoms with E-state index < -0.39 is 67.0 Å². The minimum atomic E-state index is -2.36. The van der Waals surface area contributed by atoms with Crippen LogP contribution in [0, 0.1) is 0 Å². The lowest BCUT2D eigenvalue weighted by Gasteiger charge is -2.46. The fraction of sp³-hybridized carbons (Fsp3) is 0.467. The molecule has 6 N–H and O–H groups in total. The molecular formula is C30H38N2O10S. The molecule has 2 aromatic carbocycles. The number of aldehydes is 1. The first-order valence-electron chi connectivity index (χ1n) is 13.9. The summed E-state index contributed by atoms with van der Waals surface area (Å²) in [6.07, 6.45) is -5.56. The van der Waals surface area contributed by atoms with Crippen LogP contribution < -0.4 is 10.6 Å². The normalized spacial score (nSPS) is 23.1. The number of thioether (sulfide) groups is 1. The van der Waals surface area contributed by atoms with E-state index in [4.69, 9.17) is 9.47 Å². The molecule has 0 saturated carbocycles. The number of aliphatic carboxylic acids is 1. The summed E-state index contributed by atoms with van der Waals surface area (Å²) < 4.78 is 11.3. The van der Waals surface area contributed by atoms with Crippen molar-refractivity contribution in [3.8, 4) is 11.1 Å². The summed E-state index contributed by atoms with van der Waals surface area (Å²) in [6.45, 7) is 0.665. The number of aliphatic hydroxyl groups is 3. The van der Waals surface area contributed by atoms with Gasteiger partial charge in [0.1, 0.15) is 18.5 Å². The fourth-order valence-electron chi connectivity index (χ4n) is 4.67. The monoisotopic (exact) mass is 618 g/mol. The van der Waals surface area contributed by atoms with Crippen LogP contribution in [-0.2, 0) is 23.9 Å². The van der Waals surface area contributed by atoms with Gasteiger partial charge >= 0.3 is 5.97 Å². The molecule has 2 aromatic rings. The predicted octanol–water partition coefficient (Wildman–Crippen LogP) is 0.970. The summed E-state index contributed by atoms with van der Waals surface area (Å²) in [4.78, 5) is 47.3. The maximum atomic E-state index is 12.7. The van der Waals surface area contributed by atoms with E-state index in [9.17, 15) is 39.6 Å². The Morgan fingerprint density at radius 1 is 1.09 bits per heavy atom. The Bertz CT molecular complexity index is 1220. The van der Waals surface area contributed by atoms with Gasteiger partial charge in [0.05, 0.1) is 24.9 Å². The van der Waals surface area contributed by atoms with Crippen molar-refractivity contribution in [2.24, 2.45) is 0 Å². The summed E-state index contributed by atoms with van der Waals surface area (Å²) in [5, 5.41) is 47.6. The van der Waals surface area contributed by atoms with Gasteiger partial charge in [-0.1, -0.05) is 42.5 Å². The number of benzene rings is 2. The zero-order chi connectivity index (χ0) is 31.4. The van der Waals surface area contributed by atoms with Crippen molar-refractivity contribution in [2.45, 2.75) is 62.4 Å². The fourth-order valence-corrected chi connectivity index (χ4v) is 5.45. The second-order valence-electron chi connectivity index (χ2n) is 10.1. The molecule has 2 amide bonds. The summed E-state index contributed by atoms with van der Waals surface area (Å²) in [6, 6.07) is 15.1. The van der Waals surface area contributed by atoms with Crippen LogP contribution in [0.15, 0.2) is 54.6 Å². The molecule has 234 valence electrons. The standard InChI is InChI=1S/C30H38N2O10S/c1-19(34)32-25-23(35)17-30(29(39)40,41-14-6-16-43-15-5-13-33)42-27(25)26(37)24(36)18-31-28(38)22-11-9-21(10-12-22)20-7-3-2-4-8-20/h2-4,7-13,23-27,35-37H,5-6,14-18H2,1H3,(H,31,38)(H,32,34)(H,39,40)/t23-,24+,25+,26?,27?,30+/m0/s1. The first-order valence-corrected chi connectivity index (χ1v) is 15.0. The lowest BCUT2D eigenvalue weighted by Crippen LogP contribution is -2.68. The van der Waals surface area contributed by atoms with Crippen LogP contribution in [-0.4, -0.2) is 105 Å². The van der Waals surface area contributed by atoms with E-state index in [0.717, 1.165) is 17.4 Å². The highest BCUT2D eigenvalue weighted by molar-refractivity contribution is 7.99. The predicted molar refractivity (Wildman–Crippen MR) is 158 cm³/mol. The lowest BCUT2D eigenvalue weighted by atomic mass is 9.88. The molecule has 1 saturated heterocycles. The van der Waals surface area contributed by atoms with E-state index in [-0.39, 0.29) is 6.61 Å². The zero-order valence-corrected chi connectivity index (χ0v) is 24.6. The number of hydrogen-bond donors (Lipinski definition) is 6. The van der Waals surface area contributed by atoms with Crippen LogP contribution in [0.2, 0.25) is 0 Å². The third-order valence-corrected chi connectivity index (χ3v) is 7.98. The van der Waals surface area contributed by atoms with Crippen molar-refractivity contribution in [1.82, 2.24) is 10.6 Å². The number of hydrogen-bond acceptors (Lipinski definition) is 10. The Labute approximate surface area is 253 Å². The highest BCUT2D eigenvalue weighted by Crippen LogP contribution is 2.34. The van der Waals surface area contributed by atoms with Crippen molar-refractivity contribution >= 4 is 35.8 Å². The van der Waals surface area contributed by atoms with Gasteiger partial charge in [-0.3, -0.25) is 9.59 Å². The average molecular weight is 619 g/mol. The highest BCUT2D eigenvalue weighted by Gasteiger charge is 2.55. The highest BCUT2D eigenvalue weighted by atomic mass is 32.2. The van der Waals surface area contributed by atoms with Crippen molar-refractivity contribution in [2.75, 3.05) is 24.7 Å². The Hall–Kier alpha value is -3.33. The number of amides is 2. The maximum Gasteiger partial charge on any atom is 0.364 e. The van der Waals surface area contributed by atoms with Crippen LogP contribution in [0.25, 0.3) is 11.1 Å². The number of carbonyl (C=O) groups is 4. The molecule has 1 aliphatic heterocycles. The Balaban J connectivity index is 1.66. The molecule has 0 aliphatic carbocycles. The first kappa shape index (κ1) is 34.2. The lowest BCUT2D eigenvalue weighted by molar-refractivity contribution is -0.310. The molecule has 1 fully saturated rings. The molecule has 43 heavy (non-hydrogen) atoms. The van der Waals surface area contributed by atoms with E-state index in [1.807, 2.05) is 30.3 Å². The van der Waals surface area contributed by atoms with E-state index in [0.29, 0.717) is 29.9 Å². The quantitative estimate of drug-likeness (QED) is 0.116. The zero-order valence-electron chi connectivity index (χ0n) is 23.8. The van der Waals surface area contributed by atoms with E-state index in [1.165, 1.54) is 18.7 Å². The summed E-state index contributed by atoms with van der Waals surface area (Å²) in [7, 11) is 0. The number of carboxylic acids is 1. The Kier molecular flexibility index (Phi) is 13.1. The third kappa shape index (κ3) is 9.58. The molecule has 0 aromatic heterocycles. The molecule has 6 atom stereocenters. The summed E-state index contributed by atoms with van der Waals surface area (Å²) in [5.41, 5.74) is 2.20. The van der Waals surface area contributed by atoms with Crippen molar-refractivity contribution in [1.29, 1.82) is 0 Å². The van der Waals surface area contributed by atoms with Crippen LogP contribution >= 0.6 is 11.8 Å². The molecule has 0 radical (unpaired) electrons. The van der Waals surface area contributed by atoms with E-state index in [2.05, 4.69) is 10.6 Å². The van der Waals surface area contributed by atoms with Gasteiger partial charge < -0.3 is 45.3 Å². The number of rotatable bonds is 16. The van der Waals surface area contributed by atoms with Crippen molar-refractivity contribution in [3.05, 3.63) is 60.2 Å². The van der Waals surface area contributed by atoms with Crippen molar-refractivity contribution in [3.63, 3.8) is 0 Å². The van der Waals surface area contributed by atoms with Gasteiger partial charge in [0.15, 0.2) is 0 Å². The van der Waals surface area contributed by atoms with Crippen LogP contribution in [0.1, 0.15) is 36.5 Å². The number of carboxylic acid groups (broad SMARTS) is 1. The summed E-state index contributed by atoms with van der Waals surface area (Å²) >= 11 is 1.49. The minimum Gasteiger partial charge on any atom is -0.477 e. The first-order chi connectivity index (χ1) is 20.6. The molecule has 12 nitrogen and oxygen atoms in total. The van der Waals surface area contributed by atoms with Gasteiger partial charge in [-0.15, -0.1) is 0 Å². The SMILES string of the molecule is CC(=O)N[C@H]1C(C(O)[C@H](O)CNC(=O)c2ccc(-c3ccccc3)cc2)O[C@@](OCCCSCCC=O)(C(=O)O)C[C@@H]1O. The van der Waals surface area contributed by atoms with E-state index in [1.54, 1.807) is 24.3 Å². The van der Waals surface area contributed by atoms with Crippen molar-refractivity contribution < 1.29 is 49.1 Å². The number of ether oxygens (including phenoxy) is 2. The summed E-state index contributed by atoms with van der Waals surface area (Å²) in [5.74, 6) is -3.83. The largest absolute Gasteiger partial charge is 0.477 e. The Morgan fingerprint density at radius 3 is 2.40 bits per heavy atom. The van der Waals surface area contributed by atoms with Crippen LogP contribution in [0.5, 0.6) is 0 Å². The van der Waals surface area contributed by atoms with Gasteiger partial charge in [-0.25, -0.2) is 4.79 Å². The second-order valence-corrected chi connectivity index (χ2v) is 11.3. The Morgan fingerprint density at radius 2 is 1.77 bits per heavy atom. The number of aliphatic hydroxyl groups excluding tert-OH is 3. The topological polar surface area (TPSA) is 192 Å². The molecule has 3 rings (SSSR count). The van der Waals surface area contributed by atoms with Crippen LogP contribution in [0.4, 0.5) is 0 Å². The minimum absolute atomic E-state index is 0.0671. The molecule has 2 unspecified atom stereocenters. The second kappa shape index (κ2) is 16.5. The molecular weight excluding hydrogens is 580 g/mol.